The van der Waals surface area contributed by atoms with E-state index in [4.69, 9.17) is 0 Å². The Kier molecular flexibility index (Phi) is 14.4. The summed E-state index contributed by atoms with van der Waals surface area (Å²) in [6, 6.07) is 23.4. The van der Waals surface area contributed by atoms with Crippen LogP contribution in [-0.2, 0) is 54.4 Å². The molecule has 0 aliphatic carbocycles. The molecule has 0 fully saturated rings. The number of azo groups is 2. The van der Waals surface area contributed by atoms with E-state index in [-0.39, 0.29) is 56.9 Å². The predicted octanol–water partition coefficient (Wildman–Crippen LogP) is 6.47. The molecule has 0 heterocycles. The second kappa shape index (κ2) is 17.9. The Morgan fingerprint density at radius 3 is 1.20 bits per heavy atom. The van der Waals surface area contributed by atoms with Gasteiger partial charge in [0.25, 0.3) is 0 Å². The van der Waals surface area contributed by atoms with Gasteiger partial charge in [-0.05, 0) is 72.1 Å². The second-order valence-corrected chi connectivity index (χ2v) is 14.2. The molecule has 0 aliphatic rings. The van der Waals surface area contributed by atoms with Crippen molar-refractivity contribution >= 4 is 76.5 Å². The van der Waals surface area contributed by atoms with Crippen molar-refractivity contribution in [3.63, 3.8) is 0 Å². The van der Waals surface area contributed by atoms with Crippen LogP contribution < -0.4 is 10.2 Å². The molecule has 6 rings (SSSR count). The van der Waals surface area contributed by atoms with E-state index >= 15 is 0 Å². The number of carboxylic acid groups (broad SMARTS) is 2. The Hall–Kier alpha value is -5.56. The zero-order chi connectivity index (χ0) is 39.5. The van der Waals surface area contributed by atoms with E-state index in [1.54, 1.807) is 62.4 Å². The smallest absolute Gasteiger partial charge is 0.335 e. The summed E-state index contributed by atoms with van der Waals surface area (Å²) >= 11 is 0. The molecule has 0 spiro atoms. The first-order chi connectivity index (χ1) is 25.4. The van der Waals surface area contributed by atoms with Crippen LogP contribution >= 0.6 is 0 Å². The van der Waals surface area contributed by atoms with Crippen LogP contribution in [0.5, 0.6) is 11.5 Å². The zero-order valence-electron chi connectivity index (χ0n) is 28.6. The Bertz CT molecular complexity index is 2610. The van der Waals surface area contributed by atoms with Crippen LogP contribution in [0, 0.1) is 13.8 Å². The third kappa shape index (κ3) is 9.99. The van der Waals surface area contributed by atoms with Gasteiger partial charge in [-0.15, -0.1) is 10.2 Å². The van der Waals surface area contributed by atoms with Gasteiger partial charge in [-0.2, -0.15) is 10.2 Å². The fraction of sp³-hybridized carbons (Fsp3) is 0.0556. The van der Waals surface area contributed by atoms with Crippen molar-refractivity contribution in [3.05, 3.63) is 119 Å². The summed E-state index contributed by atoms with van der Waals surface area (Å²) in [6.45, 7) is 3.21. The predicted molar refractivity (Wildman–Crippen MR) is 187 cm³/mol. The molecular weight excluding hydrogens is 854 g/mol. The number of carboxylic acids is 2. The number of fused-ring (bicyclic) bond motifs is 2. The van der Waals surface area contributed by atoms with Crippen molar-refractivity contribution < 1.29 is 90.1 Å². The van der Waals surface area contributed by atoms with Gasteiger partial charge >= 0.3 is 11.9 Å². The first-order valence-electron chi connectivity index (χ1n) is 15.3. The van der Waals surface area contributed by atoms with Crippen LogP contribution in [0.25, 0.3) is 21.5 Å². The number of rotatable bonds is 8. The number of hydrogen-bond acceptors (Lipinski definition) is 14. The Labute approximate surface area is 339 Å². The first-order valence-corrected chi connectivity index (χ1v) is 18.1. The van der Waals surface area contributed by atoms with Crippen LogP contribution in [0.2, 0.25) is 0 Å². The summed E-state index contributed by atoms with van der Waals surface area (Å²) < 4.78 is 68.7. The number of carbonyl (C=O) groups is 2. The molecule has 0 saturated heterocycles. The Balaban J connectivity index is 0.000000290. The standard InChI is InChI=1S/2C18H14N2O6S.2Mn/c2*1-10-6-7-14(15(8-10)27(24,25)26)19-20-16-12-5-3-2-4-11(12)9-13(17(16)21)18(22)23;;/h2*2-9,21H,1H3,(H,22,23)(H,24,25,26);;/p-4. The molecule has 0 atom stereocenters. The van der Waals surface area contributed by atoms with Crippen molar-refractivity contribution in [1.82, 2.24) is 0 Å². The Morgan fingerprint density at radius 2 is 0.875 bits per heavy atom. The molecule has 6 aromatic carbocycles. The SMILES string of the molecule is Cc1ccc(N=Nc2c([O-])c(C(=O)O)cc3ccccc23)c(S(=O)(=O)[O-])c1.Cc1ccc(N=Nc2c([O-])c(C(=O)O)cc3ccccc23)c(S(=O)(=O)[O-])c1.[Mn].[Mn]. The third-order valence-electron chi connectivity index (χ3n) is 7.70. The van der Waals surface area contributed by atoms with Gasteiger partial charge in [-0.25, -0.2) is 26.4 Å². The molecule has 56 heavy (non-hydrogen) atoms. The average molecular weight is 879 g/mol. The first kappa shape index (κ1) is 44.8. The maximum Gasteiger partial charge on any atom is 0.335 e. The molecule has 290 valence electrons. The van der Waals surface area contributed by atoms with E-state index in [0.717, 1.165) is 12.1 Å². The number of aromatic carboxylic acids is 2. The Morgan fingerprint density at radius 1 is 0.536 bits per heavy atom. The quantitative estimate of drug-likeness (QED) is 0.0944. The van der Waals surface area contributed by atoms with Crippen LogP contribution in [0.4, 0.5) is 22.7 Å². The molecule has 6 aromatic rings. The van der Waals surface area contributed by atoms with Crippen LogP contribution in [0.3, 0.4) is 0 Å². The van der Waals surface area contributed by atoms with Crippen molar-refractivity contribution in [3.8, 4) is 11.5 Å². The molecule has 0 unspecified atom stereocenters. The second-order valence-electron chi connectivity index (χ2n) is 11.5. The van der Waals surface area contributed by atoms with E-state index in [9.17, 15) is 56.0 Å². The molecule has 0 aliphatic heterocycles. The topological polar surface area (TPSA) is 285 Å². The van der Waals surface area contributed by atoms with Gasteiger partial charge in [0.2, 0.25) is 0 Å². The van der Waals surface area contributed by atoms with E-state index in [1.165, 1.54) is 36.4 Å². The normalized spacial score (nSPS) is 11.5. The summed E-state index contributed by atoms with van der Waals surface area (Å²) in [5.41, 5.74) is -0.871. The fourth-order valence-electron chi connectivity index (χ4n) is 5.15. The minimum atomic E-state index is -4.81. The van der Waals surface area contributed by atoms with Crippen molar-refractivity contribution in [2.75, 3.05) is 0 Å². The van der Waals surface area contributed by atoms with E-state index < -0.39 is 64.6 Å². The zero-order valence-corrected chi connectivity index (χ0v) is 32.6. The van der Waals surface area contributed by atoms with E-state index in [2.05, 4.69) is 20.5 Å². The minimum absolute atomic E-state index is 0. The van der Waals surface area contributed by atoms with E-state index in [0.29, 0.717) is 32.7 Å². The molecule has 2 N–H and O–H groups in total. The molecule has 0 saturated carbocycles. The largest absolute Gasteiger partial charge is 0.870 e. The van der Waals surface area contributed by atoms with Crippen molar-refractivity contribution in [2.45, 2.75) is 23.6 Å². The summed E-state index contributed by atoms with van der Waals surface area (Å²) in [4.78, 5) is 21.5. The summed E-state index contributed by atoms with van der Waals surface area (Å²) in [5, 5.41) is 60.1. The number of nitrogens with zero attached hydrogens (tertiary/aromatic N) is 4. The van der Waals surface area contributed by atoms with Gasteiger partial charge in [0.15, 0.2) is 0 Å². The molecule has 16 nitrogen and oxygen atoms in total. The van der Waals surface area contributed by atoms with E-state index in [1.807, 2.05) is 0 Å². The number of aryl methyl sites for hydroxylation is 2. The van der Waals surface area contributed by atoms with Gasteiger partial charge < -0.3 is 29.5 Å². The van der Waals surface area contributed by atoms with Gasteiger partial charge in [0.05, 0.1) is 32.3 Å². The van der Waals surface area contributed by atoms with Gasteiger partial charge in [-0.3, -0.25) is 0 Å². The van der Waals surface area contributed by atoms with Gasteiger partial charge in [-0.1, -0.05) is 72.2 Å². The molecular formula is C36H24Mn2N4O12S2-4. The maximum atomic E-state index is 12.5. The molecule has 20 heteroatoms. The van der Waals surface area contributed by atoms with Crippen LogP contribution in [-0.4, -0.2) is 48.1 Å². The molecule has 0 amide bonds. The van der Waals surface area contributed by atoms with Gasteiger partial charge in [0, 0.05) is 44.9 Å². The average Bonchev–Trinajstić information content (AvgIpc) is 3.10. The summed E-state index contributed by atoms with van der Waals surface area (Å²) in [6.07, 6.45) is 0. The summed E-state index contributed by atoms with van der Waals surface area (Å²) in [7, 11) is -9.62. The molecule has 0 aromatic heterocycles. The fourth-order valence-corrected chi connectivity index (χ4v) is 6.54. The molecule has 0 bridgehead atoms. The molecule has 2 radical (unpaired) electrons. The maximum absolute atomic E-state index is 12.5. The van der Waals surface area contributed by atoms with Crippen LogP contribution in [0.1, 0.15) is 31.8 Å². The van der Waals surface area contributed by atoms with Crippen LogP contribution in [0.15, 0.2) is 127 Å². The number of benzene rings is 6. The minimum Gasteiger partial charge on any atom is -0.870 e. The number of hydrogen-bond donors (Lipinski definition) is 2. The third-order valence-corrected chi connectivity index (χ3v) is 9.43. The monoisotopic (exact) mass is 878 g/mol. The van der Waals surface area contributed by atoms with Gasteiger partial charge in [0.1, 0.15) is 31.6 Å². The van der Waals surface area contributed by atoms with Crippen molar-refractivity contribution in [1.29, 1.82) is 0 Å². The van der Waals surface area contributed by atoms with Crippen molar-refractivity contribution in [2.24, 2.45) is 20.5 Å². The summed E-state index contributed by atoms with van der Waals surface area (Å²) in [5.74, 6) is -4.55.